The predicted octanol–water partition coefficient (Wildman–Crippen LogP) is 4.04. The number of phenols is 1. The third-order valence-electron chi connectivity index (χ3n) is 3.70. The monoisotopic (exact) mass is 392 g/mol. The van der Waals surface area contributed by atoms with E-state index in [2.05, 4.69) is 9.97 Å². The van der Waals surface area contributed by atoms with Crippen LogP contribution in [0.2, 0.25) is 5.02 Å². The third-order valence-corrected chi connectivity index (χ3v) is 4.29. The van der Waals surface area contributed by atoms with Gasteiger partial charge in [-0.25, -0.2) is 4.98 Å². The van der Waals surface area contributed by atoms with E-state index in [9.17, 15) is 9.90 Å². The van der Waals surface area contributed by atoms with Crippen molar-refractivity contribution in [2.45, 2.75) is 0 Å². The maximum Gasteiger partial charge on any atom is 0.259 e. The van der Waals surface area contributed by atoms with Crippen molar-refractivity contribution in [2.24, 2.45) is 0 Å². The molecule has 1 heterocycles. The number of fused-ring (bicyclic) bond motifs is 1. The van der Waals surface area contributed by atoms with Gasteiger partial charge in [-0.15, -0.1) is 0 Å². The maximum atomic E-state index is 12.4. The summed E-state index contributed by atoms with van der Waals surface area (Å²) in [5.74, 6) is 1.05. The SMILES string of the molecule is COc1cc2nc(C(Cl)=Cc3ccc(O)c(Cl)c3)[nH]c(=O)c2cc1OC. The minimum absolute atomic E-state index is 0.0294. The molecule has 0 aliphatic carbocycles. The number of benzene rings is 2. The van der Waals surface area contributed by atoms with Crippen molar-refractivity contribution in [1.29, 1.82) is 0 Å². The highest BCUT2D eigenvalue weighted by molar-refractivity contribution is 6.50. The fourth-order valence-corrected chi connectivity index (χ4v) is 2.81. The Morgan fingerprint density at radius 2 is 1.88 bits per heavy atom. The summed E-state index contributed by atoms with van der Waals surface area (Å²) in [4.78, 5) is 19.4. The lowest BCUT2D eigenvalue weighted by Gasteiger charge is -2.09. The molecule has 0 spiro atoms. The number of aromatic amines is 1. The molecule has 0 radical (unpaired) electrons. The number of H-pyrrole nitrogens is 1. The van der Waals surface area contributed by atoms with Crippen molar-refractivity contribution < 1.29 is 14.6 Å². The molecule has 0 aliphatic rings. The molecule has 8 heteroatoms. The molecule has 6 nitrogen and oxygen atoms in total. The van der Waals surface area contributed by atoms with Crippen LogP contribution in [0.15, 0.2) is 35.1 Å². The average molecular weight is 393 g/mol. The van der Waals surface area contributed by atoms with Crippen LogP contribution in [0.5, 0.6) is 17.2 Å². The van der Waals surface area contributed by atoms with Crippen molar-refractivity contribution in [3.63, 3.8) is 0 Å². The van der Waals surface area contributed by atoms with Crippen LogP contribution in [-0.4, -0.2) is 29.3 Å². The standard InChI is InChI=1S/C18H14Cl2N2O4/c1-25-15-7-10-13(8-16(15)26-2)21-17(22-18(10)24)12(20)6-9-3-4-14(23)11(19)5-9/h3-8,23H,1-2H3,(H,21,22,24). The molecule has 2 aromatic carbocycles. The first-order valence-electron chi connectivity index (χ1n) is 7.45. The van der Waals surface area contributed by atoms with Crippen LogP contribution in [0.1, 0.15) is 11.4 Å². The average Bonchev–Trinajstić information content (AvgIpc) is 2.63. The van der Waals surface area contributed by atoms with Gasteiger partial charge in [-0.2, -0.15) is 0 Å². The van der Waals surface area contributed by atoms with Gasteiger partial charge in [0.1, 0.15) is 5.75 Å². The Hall–Kier alpha value is -2.70. The van der Waals surface area contributed by atoms with Gasteiger partial charge in [-0.05, 0) is 29.8 Å². The Balaban J connectivity index is 2.11. The largest absolute Gasteiger partial charge is 0.506 e. The molecule has 1 aromatic heterocycles. The van der Waals surface area contributed by atoms with E-state index in [1.807, 2.05) is 0 Å². The molecule has 0 atom stereocenters. The second-order valence-electron chi connectivity index (χ2n) is 5.34. The van der Waals surface area contributed by atoms with Gasteiger partial charge in [-0.1, -0.05) is 29.3 Å². The first-order valence-corrected chi connectivity index (χ1v) is 8.20. The van der Waals surface area contributed by atoms with Gasteiger partial charge in [0.2, 0.25) is 0 Å². The molecule has 0 bridgehead atoms. The normalized spacial score (nSPS) is 11.6. The molecule has 0 unspecified atom stereocenters. The molecule has 3 rings (SSSR count). The van der Waals surface area contributed by atoms with Gasteiger partial charge >= 0.3 is 0 Å². The first kappa shape index (κ1) is 18.1. The molecule has 0 fully saturated rings. The number of methoxy groups -OCH3 is 2. The summed E-state index contributed by atoms with van der Waals surface area (Å²) in [5.41, 5.74) is 0.700. The van der Waals surface area contributed by atoms with Gasteiger partial charge < -0.3 is 19.6 Å². The molecular weight excluding hydrogens is 379 g/mol. The van der Waals surface area contributed by atoms with E-state index in [1.165, 1.54) is 20.3 Å². The molecule has 3 aromatic rings. The number of halogens is 2. The fourth-order valence-electron chi connectivity index (χ4n) is 2.41. The summed E-state index contributed by atoms with van der Waals surface area (Å²) in [6.45, 7) is 0. The van der Waals surface area contributed by atoms with Crippen LogP contribution >= 0.6 is 23.2 Å². The van der Waals surface area contributed by atoms with Crippen molar-refractivity contribution in [2.75, 3.05) is 14.2 Å². The minimum Gasteiger partial charge on any atom is -0.506 e. The number of hydrogen-bond acceptors (Lipinski definition) is 5. The first-order chi connectivity index (χ1) is 12.4. The number of phenolic OH excluding ortho intramolecular Hbond substituents is 1. The van der Waals surface area contributed by atoms with Gasteiger partial charge in [0.05, 0.1) is 35.2 Å². The summed E-state index contributed by atoms with van der Waals surface area (Å²) in [6.07, 6.45) is 1.58. The summed E-state index contributed by atoms with van der Waals surface area (Å²) >= 11 is 12.2. The Labute approximate surface area is 158 Å². The summed E-state index contributed by atoms with van der Waals surface area (Å²) in [6, 6.07) is 7.80. The van der Waals surface area contributed by atoms with Crippen LogP contribution in [0.3, 0.4) is 0 Å². The number of rotatable bonds is 4. The zero-order valence-corrected chi connectivity index (χ0v) is 15.4. The number of nitrogens with one attached hydrogen (secondary N) is 1. The number of aromatic hydroxyl groups is 1. The number of aromatic nitrogens is 2. The lowest BCUT2D eigenvalue weighted by atomic mass is 10.2. The zero-order chi connectivity index (χ0) is 18.8. The molecule has 0 aliphatic heterocycles. The smallest absolute Gasteiger partial charge is 0.259 e. The van der Waals surface area contributed by atoms with E-state index in [1.54, 1.807) is 30.3 Å². The molecule has 0 saturated heterocycles. The second kappa shape index (κ2) is 7.27. The summed E-state index contributed by atoms with van der Waals surface area (Å²) in [7, 11) is 2.99. The lowest BCUT2D eigenvalue weighted by molar-refractivity contribution is 0.355. The van der Waals surface area contributed by atoms with E-state index in [0.29, 0.717) is 28.0 Å². The van der Waals surface area contributed by atoms with Crippen LogP contribution in [-0.2, 0) is 0 Å². The van der Waals surface area contributed by atoms with E-state index in [-0.39, 0.29) is 27.2 Å². The van der Waals surface area contributed by atoms with Crippen molar-refractivity contribution in [3.05, 3.63) is 57.1 Å². The predicted molar refractivity (Wildman–Crippen MR) is 102 cm³/mol. The van der Waals surface area contributed by atoms with Crippen molar-refractivity contribution >= 4 is 45.2 Å². The minimum atomic E-state index is -0.360. The fraction of sp³-hybridized carbons (Fsp3) is 0.111. The Kier molecular flexibility index (Phi) is 5.06. The number of nitrogens with zero attached hydrogens (tertiary/aromatic N) is 1. The van der Waals surface area contributed by atoms with Gasteiger partial charge in [0, 0.05) is 6.07 Å². The third kappa shape index (κ3) is 3.47. The van der Waals surface area contributed by atoms with Gasteiger partial charge in [0.15, 0.2) is 17.3 Å². The van der Waals surface area contributed by atoms with Crippen LogP contribution in [0.25, 0.3) is 22.0 Å². The van der Waals surface area contributed by atoms with Gasteiger partial charge in [0.25, 0.3) is 5.56 Å². The van der Waals surface area contributed by atoms with E-state index in [0.717, 1.165) is 0 Å². The van der Waals surface area contributed by atoms with Crippen molar-refractivity contribution in [3.8, 4) is 17.2 Å². The Bertz CT molecular complexity index is 1080. The van der Waals surface area contributed by atoms with Crippen LogP contribution in [0, 0.1) is 0 Å². The van der Waals surface area contributed by atoms with E-state index < -0.39 is 0 Å². The highest BCUT2D eigenvalue weighted by atomic mass is 35.5. The van der Waals surface area contributed by atoms with E-state index >= 15 is 0 Å². The molecule has 134 valence electrons. The lowest BCUT2D eigenvalue weighted by Crippen LogP contribution is -2.11. The molecule has 0 saturated carbocycles. The number of ether oxygens (including phenoxy) is 2. The van der Waals surface area contributed by atoms with Crippen LogP contribution in [0.4, 0.5) is 0 Å². The topological polar surface area (TPSA) is 84.4 Å². The summed E-state index contributed by atoms with van der Waals surface area (Å²) in [5, 5.41) is 10.2. The van der Waals surface area contributed by atoms with Crippen molar-refractivity contribution in [1.82, 2.24) is 9.97 Å². The zero-order valence-electron chi connectivity index (χ0n) is 13.8. The Morgan fingerprint density at radius 1 is 1.19 bits per heavy atom. The quantitative estimate of drug-likeness (QED) is 0.699. The maximum absolute atomic E-state index is 12.4. The molecule has 26 heavy (non-hydrogen) atoms. The molecule has 2 N–H and O–H groups in total. The number of hydrogen-bond donors (Lipinski definition) is 2. The van der Waals surface area contributed by atoms with Crippen LogP contribution < -0.4 is 15.0 Å². The van der Waals surface area contributed by atoms with Gasteiger partial charge in [-0.3, -0.25) is 4.79 Å². The summed E-state index contributed by atoms with van der Waals surface area (Å²) < 4.78 is 10.4. The second-order valence-corrected chi connectivity index (χ2v) is 6.16. The molecular formula is C18H14Cl2N2O4. The molecule has 0 amide bonds. The van der Waals surface area contributed by atoms with E-state index in [4.69, 9.17) is 32.7 Å². The Morgan fingerprint density at radius 3 is 2.54 bits per heavy atom. The highest BCUT2D eigenvalue weighted by Gasteiger charge is 2.12. The highest BCUT2D eigenvalue weighted by Crippen LogP contribution is 2.31.